The average Bonchev–Trinajstić information content (AvgIpc) is 3.29. The van der Waals surface area contributed by atoms with Crippen molar-refractivity contribution in [2.24, 2.45) is 0 Å². The molecule has 1 fully saturated rings. The van der Waals surface area contributed by atoms with Gasteiger partial charge in [0.1, 0.15) is 5.75 Å². The Morgan fingerprint density at radius 2 is 1.72 bits per heavy atom. The molecule has 3 aromatic rings. The molecule has 0 bridgehead atoms. The molecule has 1 heterocycles. The number of para-hydroxylation sites is 1. The summed E-state index contributed by atoms with van der Waals surface area (Å²) >= 11 is 0. The highest BCUT2D eigenvalue weighted by Gasteiger charge is 2.26. The zero-order valence-electron chi connectivity index (χ0n) is 16.9. The molecule has 29 heavy (non-hydrogen) atoms. The minimum Gasteiger partial charge on any atom is -0.496 e. The van der Waals surface area contributed by atoms with Crippen LogP contribution in [0.1, 0.15) is 30.0 Å². The van der Waals surface area contributed by atoms with Crippen molar-refractivity contribution in [1.82, 2.24) is 10.2 Å². The van der Waals surface area contributed by atoms with Gasteiger partial charge in [0, 0.05) is 12.1 Å². The molecule has 150 valence electrons. The maximum atomic E-state index is 12.7. The van der Waals surface area contributed by atoms with Crippen molar-refractivity contribution in [1.29, 1.82) is 0 Å². The Hall–Kier alpha value is -2.85. The summed E-state index contributed by atoms with van der Waals surface area (Å²) in [6, 6.07) is 22.7. The first-order valence-corrected chi connectivity index (χ1v) is 10.4. The predicted molar refractivity (Wildman–Crippen MR) is 117 cm³/mol. The number of amides is 1. The molecule has 0 aromatic heterocycles. The fourth-order valence-electron chi connectivity index (χ4n) is 4.24. The highest BCUT2D eigenvalue weighted by Crippen LogP contribution is 2.31. The van der Waals surface area contributed by atoms with Gasteiger partial charge in [-0.2, -0.15) is 0 Å². The zero-order valence-corrected chi connectivity index (χ0v) is 16.9. The number of methoxy groups -OCH3 is 1. The van der Waals surface area contributed by atoms with Crippen LogP contribution in [0.3, 0.4) is 0 Å². The third-order valence-corrected chi connectivity index (χ3v) is 5.75. The molecule has 1 saturated heterocycles. The van der Waals surface area contributed by atoms with Gasteiger partial charge < -0.3 is 10.1 Å². The standard InChI is InChI=1S/C25H28N2O2/c1-29-24-11-5-4-10-22(24)23(27-14-6-7-15-27)18-26-25(28)17-19-12-13-20-8-2-3-9-21(20)16-19/h2-5,8-13,16,23H,6-7,14-15,17-18H2,1H3,(H,26,28). The summed E-state index contributed by atoms with van der Waals surface area (Å²) in [5.41, 5.74) is 2.18. The van der Waals surface area contributed by atoms with E-state index < -0.39 is 0 Å². The number of carbonyl (C=O) groups excluding carboxylic acids is 1. The van der Waals surface area contributed by atoms with Crippen molar-refractivity contribution in [3.05, 3.63) is 77.9 Å². The first-order valence-electron chi connectivity index (χ1n) is 10.4. The number of likely N-dealkylation sites (tertiary alicyclic amines) is 1. The van der Waals surface area contributed by atoms with Gasteiger partial charge in [0.2, 0.25) is 5.91 Å². The van der Waals surface area contributed by atoms with Crippen LogP contribution in [0, 0.1) is 0 Å². The van der Waals surface area contributed by atoms with Crippen LogP contribution in [-0.4, -0.2) is 37.6 Å². The SMILES string of the molecule is COc1ccccc1C(CNC(=O)Cc1ccc2ccccc2c1)N1CCCC1. The molecule has 4 nitrogen and oxygen atoms in total. The van der Waals surface area contributed by atoms with E-state index in [1.807, 2.05) is 36.4 Å². The number of benzene rings is 3. The van der Waals surface area contributed by atoms with E-state index in [1.165, 1.54) is 23.6 Å². The van der Waals surface area contributed by atoms with Gasteiger partial charge in [-0.3, -0.25) is 9.69 Å². The minimum absolute atomic E-state index is 0.0550. The van der Waals surface area contributed by atoms with Gasteiger partial charge in [-0.05, 0) is 48.3 Å². The number of nitrogens with zero attached hydrogens (tertiary/aromatic N) is 1. The fraction of sp³-hybridized carbons (Fsp3) is 0.320. The van der Waals surface area contributed by atoms with E-state index in [9.17, 15) is 4.79 Å². The van der Waals surface area contributed by atoms with Crippen LogP contribution in [0.25, 0.3) is 10.8 Å². The zero-order chi connectivity index (χ0) is 20.1. The van der Waals surface area contributed by atoms with Gasteiger partial charge in [-0.15, -0.1) is 0 Å². The molecular formula is C25H28N2O2. The van der Waals surface area contributed by atoms with Gasteiger partial charge in [0.05, 0.1) is 19.6 Å². The van der Waals surface area contributed by atoms with Crippen molar-refractivity contribution in [3.8, 4) is 5.75 Å². The van der Waals surface area contributed by atoms with E-state index >= 15 is 0 Å². The fourth-order valence-corrected chi connectivity index (χ4v) is 4.24. The number of hydrogen-bond donors (Lipinski definition) is 1. The Bertz CT molecular complexity index is 979. The number of rotatable bonds is 7. The summed E-state index contributed by atoms with van der Waals surface area (Å²) in [7, 11) is 1.71. The minimum atomic E-state index is 0.0550. The molecule has 1 atom stereocenters. The Balaban J connectivity index is 1.45. The number of fused-ring (bicyclic) bond motifs is 1. The average molecular weight is 389 g/mol. The van der Waals surface area contributed by atoms with E-state index in [0.717, 1.165) is 30.0 Å². The summed E-state index contributed by atoms with van der Waals surface area (Å²) in [6.45, 7) is 2.71. The van der Waals surface area contributed by atoms with E-state index in [4.69, 9.17) is 4.74 Å². The Labute approximate surface area is 172 Å². The van der Waals surface area contributed by atoms with E-state index in [2.05, 4.69) is 40.5 Å². The Kier molecular flexibility index (Phi) is 6.11. The lowest BCUT2D eigenvalue weighted by Crippen LogP contribution is -2.37. The molecule has 1 N–H and O–H groups in total. The van der Waals surface area contributed by atoms with Crippen LogP contribution in [0.2, 0.25) is 0 Å². The summed E-state index contributed by atoms with van der Waals surface area (Å²) in [5, 5.41) is 5.53. The monoisotopic (exact) mass is 388 g/mol. The summed E-state index contributed by atoms with van der Waals surface area (Å²) in [4.78, 5) is 15.1. The highest BCUT2D eigenvalue weighted by molar-refractivity contribution is 5.85. The smallest absolute Gasteiger partial charge is 0.224 e. The molecular weight excluding hydrogens is 360 g/mol. The van der Waals surface area contributed by atoms with Crippen LogP contribution in [0.15, 0.2) is 66.7 Å². The predicted octanol–water partition coefficient (Wildman–Crippen LogP) is 4.34. The molecule has 1 aliphatic heterocycles. The van der Waals surface area contributed by atoms with Crippen molar-refractivity contribution in [2.45, 2.75) is 25.3 Å². The summed E-state index contributed by atoms with van der Waals surface area (Å²) in [6.07, 6.45) is 2.80. The molecule has 0 aliphatic carbocycles. The Morgan fingerprint density at radius 3 is 2.52 bits per heavy atom. The van der Waals surface area contributed by atoms with Crippen LogP contribution in [0.5, 0.6) is 5.75 Å². The Morgan fingerprint density at radius 1 is 1.00 bits per heavy atom. The lowest BCUT2D eigenvalue weighted by molar-refractivity contribution is -0.120. The molecule has 1 unspecified atom stereocenters. The largest absolute Gasteiger partial charge is 0.496 e. The second kappa shape index (κ2) is 9.10. The van der Waals surface area contributed by atoms with Crippen LogP contribution >= 0.6 is 0 Å². The molecule has 1 aliphatic rings. The normalized spacial score (nSPS) is 15.3. The summed E-state index contributed by atoms with van der Waals surface area (Å²) in [5.74, 6) is 0.938. The lowest BCUT2D eigenvalue weighted by Gasteiger charge is -2.29. The first kappa shape index (κ1) is 19.5. The van der Waals surface area contributed by atoms with Gasteiger partial charge >= 0.3 is 0 Å². The quantitative estimate of drug-likeness (QED) is 0.654. The van der Waals surface area contributed by atoms with E-state index in [-0.39, 0.29) is 11.9 Å². The van der Waals surface area contributed by atoms with Gasteiger partial charge in [-0.25, -0.2) is 0 Å². The summed E-state index contributed by atoms with van der Waals surface area (Å²) < 4.78 is 5.59. The molecule has 4 heteroatoms. The van der Waals surface area contributed by atoms with Gasteiger partial charge in [0.25, 0.3) is 0 Å². The molecule has 0 spiro atoms. The number of ether oxygens (including phenoxy) is 1. The second-order valence-corrected chi connectivity index (χ2v) is 7.66. The second-order valence-electron chi connectivity index (χ2n) is 7.66. The third-order valence-electron chi connectivity index (χ3n) is 5.75. The maximum Gasteiger partial charge on any atom is 0.224 e. The van der Waals surface area contributed by atoms with Crippen molar-refractivity contribution in [3.63, 3.8) is 0 Å². The number of hydrogen-bond acceptors (Lipinski definition) is 3. The highest BCUT2D eigenvalue weighted by atomic mass is 16.5. The molecule has 4 rings (SSSR count). The van der Waals surface area contributed by atoms with Gasteiger partial charge in [0.15, 0.2) is 0 Å². The third kappa shape index (κ3) is 4.60. The first-order chi connectivity index (χ1) is 14.2. The van der Waals surface area contributed by atoms with E-state index in [0.29, 0.717) is 13.0 Å². The van der Waals surface area contributed by atoms with Crippen LogP contribution < -0.4 is 10.1 Å². The molecule has 0 radical (unpaired) electrons. The molecule has 3 aromatic carbocycles. The molecule has 0 saturated carbocycles. The molecule has 1 amide bonds. The van der Waals surface area contributed by atoms with Crippen molar-refractivity contribution < 1.29 is 9.53 Å². The van der Waals surface area contributed by atoms with Gasteiger partial charge in [-0.1, -0.05) is 60.7 Å². The van der Waals surface area contributed by atoms with Crippen LogP contribution in [0.4, 0.5) is 0 Å². The number of carbonyl (C=O) groups is 1. The topological polar surface area (TPSA) is 41.6 Å². The lowest BCUT2D eigenvalue weighted by atomic mass is 10.0. The van der Waals surface area contributed by atoms with E-state index in [1.54, 1.807) is 7.11 Å². The maximum absolute atomic E-state index is 12.7. The van der Waals surface area contributed by atoms with Crippen molar-refractivity contribution >= 4 is 16.7 Å². The van der Waals surface area contributed by atoms with Crippen molar-refractivity contribution in [2.75, 3.05) is 26.7 Å². The van der Waals surface area contributed by atoms with Crippen LogP contribution in [-0.2, 0) is 11.2 Å². The number of nitrogens with one attached hydrogen (secondary N) is 1.